The number of hydrogen-bond donors (Lipinski definition) is 2. The van der Waals surface area contributed by atoms with E-state index in [0.29, 0.717) is 70.6 Å². The van der Waals surface area contributed by atoms with Crippen LogP contribution >= 0.6 is 11.6 Å². The number of aryl methyl sites for hydroxylation is 1. The first kappa shape index (κ1) is 32.6. The van der Waals surface area contributed by atoms with Crippen LogP contribution in [0.3, 0.4) is 0 Å². The maximum atomic E-state index is 15.8. The first-order chi connectivity index (χ1) is 22.2. The maximum Gasteiger partial charge on any atom is 0.306 e. The van der Waals surface area contributed by atoms with Crippen LogP contribution in [-0.2, 0) is 32.5 Å². The number of ether oxygens (including phenoxy) is 2. The minimum Gasteiger partial charge on any atom is -0.481 e. The Morgan fingerprint density at radius 3 is 2.41 bits per heavy atom. The van der Waals surface area contributed by atoms with Crippen LogP contribution in [0.15, 0.2) is 42.6 Å². The zero-order valence-electron chi connectivity index (χ0n) is 26.0. The molecule has 12 heteroatoms. The van der Waals surface area contributed by atoms with Crippen LogP contribution in [-0.4, -0.2) is 88.5 Å². The second-order valence-corrected chi connectivity index (χ2v) is 12.9. The van der Waals surface area contributed by atoms with E-state index < -0.39 is 29.5 Å². The van der Waals surface area contributed by atoms with Gasteiger partial charge in [-0.2, -0.15) is 0 Å². The summed E-state index contributed by atoms with van der Waals surface area (Å²) in [6.07, 6.45) is 4.93. The molecule has 1 aromatic heterocycles. The lowest BCUT2D eigenvalue weighted by molar-refractivity contribution is -0.265. The molecule has 3 aromatic rings. The number of nitrogens with zero attached hydrogens (tertiary/aromatic N) is 3. The summed E-state index contributed by atoms with van der Waals surface area (Å²) in [5.74, 6) is -4.06. The maximum absolute atomic E-state index is 15.8. The van der Waals surface area contributed by atoms with Crippen LogP contribution in [0.25, 0.3) is 10.9 Å². The van der Waals surface area contributed by atoms with Gasteiger partial charge in [0.15, 0.2) is 5.78 Å². The van der Waals surface area contributed by atoms with Gasteiger partial charge in [-0.05, 0) is 62.3 Å². The third-order valence-corrected chi connectivity index (χ3v) is 9.88. The summed E-state index contributed by atoms with van der Waals surface area (Å²) in [5, 5.41) is 13.1. The molecule has 3 heterocycles. The van der Waals surface area contributed by atoms with Crippen molar-refractivity contribution < 1.29 is 33.4 Å². The molecule has 2 aliphatic heterocycles. The van der Waals surface area contributed by atoms with Crippen LogP contribution in [0, 0.1) is 11.7 Å². The average molecular weight is 655 g/mol. The highest BCUT2D eigenvalue weighted by atomic mass is 35.5. The van der Waals surface area contributed by atoms with Gasteiger partial charge < -0.3 is 24.5 Å². The minimum absolute atomic E-state index is 0.105. The summed E-state index contributed by atoms with van der Waals surface area (Å²) in [6.45, 7) is 3.10. The minimum atomic E-state index is -1.44. The number of carbonyl (C=O) groups excluding carboxylic acids is 2. The van der Waals surface area contributed by atoms with E-state index >= 15 is 4.39 Å². The van der Waals surface area contributed by atoms with E-state index in [1.807, 2.05) is 40.8 Å². The predicted molar refractivity (Wildman–Crippen MR) is 171 cm³/mol. The Hall–Kier alpha value is -3.35. The molecule has 1 amide bonds. The third-order valence-electron chi connectivity index (χ3n) is 9.57. The molecule has 0 spiro atoms. The summed E-state index contributed by atoms with van der Waals surface area (Å²) in [4.78, 5) is 43.5. The van der Waals surface area contributed by atoms with Gasteiger partial charge in [0.05, 0.1) is 41.5 Å². The van der Waals surface area contributed by atoms with E-state index in [1.54, 1.807) is 6.20 Å². The van der Waals surface area contributed by atoms with E-state index in [-0.39, 0.29) is 34.6 Å². The monoisotopic (exact) mass is 654 g/mol. The molecule has 246 valence electrons. The Morgan fingerprint density at radius 1 is 1.04 bits per heavy atom. The predicted octanol–water partition coefficient (Wildman–Crippen LogP) is 5.08. The number of carbonyl (C=O) groups is 3. The van der Waals surface area contributed by atoms with Crippen LogP contribution < -0.4 is 5.32 Å². The molecule has 0 bridgehead atoms. The number of amides is 1. The SMILES string of the molecule is Cn1cc(C(=O)Nc2cc(F)c(CC(=O)C(O[C@H]3CC[C@H](C(=O)O)CC3)(N3CCCC3)N3CCOCC3)cc2Cl)c2ccccc21. The number of ketones is 1. The van der Waals surface area contributed by atoms with Crippen LogP contribution in [0.4, 0.5) is 10.1 Å². The molecule has 1 atom stereocenters. The molecule has 0 radical (unpaired) electrons. The molecule has 3 aliphatic rings. The number of morpholine rings is 1. The molecule has 10 nitrogen and oxygen atoms in total. The van der Waals surface area contributed by atoms with Crippen molar-refractivity contribution in [2.24, 2.45) is 13.0 Å². The molecular formula is C34H40ClFN4O6. The Labute approximate surface area is 272 Å². The second kappa shape index (κ2) is 13.8. The number of rotatable bonds is 10. The van der Waals surface area contributed by atoms with Gasteiger partial charge >= 0.3 is 5.97 Å². The number of anilines is 1. The first-order valence-electron chi connectivity index (χ1n) is 16.0. The second-order valence-electron chi connectivity index (χ2n) is 12.5. The third kappa shape index (κ3) is 6.44. The molecule has 1 saturated carbocycles. The zero-order valence-corrected chi connectivity index (χ0v) is 26.7. The molecule has 3 fully saturated rings. The van der Waals surface area contributed by atoms with E-state index in [0.717, 1.165) is 29.8 Å². The molecule has 2 aromatic carbocycles. The number of aliphatic carboxylic acids is 1. The normalized spacial score (nSPS) is 22.5. The lowest BCUT2D eigenvalue weighted by Crippen LogP contribution is -2.69. The number of Topliss-reactive ketones (excluding diaryl/α,β-unsaturated/α-hetero) is 1. The number of hydrogen-bond acceptors (Lipinski definition) is 7. The van der Waals surface area contributed by atoms with Crippen molar-refractivity contribution in [1.29, 1.82) is 0 Å². The van der Waals surface area contributed by atoms with Gasteiger partial charge in [0.1, 0.15) is 5.82 Å². The Kier molecular flexibility index (Phi) is 9.77. The molecule has 1 unspecified atom stereocenters. The van der Waals surface area contributed by atoms with Gasteiger partial charge in [0.25, 0.3) is 5.91 Å². The van der Waals surface area contributed by atoms with Crippen LogP contribution in [0.2, 0.25) is 5.02 Å². The number of fused-ring (bicyclic) bond motifs is 1. The number of para-hydroxylation sites is 1. The van der Waals surface area contributed by atoms with Crippen molar-refractivity contribution in [3.05, 3.63) is 64.6 Å². The number of halogens is 2. The van der Waals surface area contributed by atoms with E-state index in [9.17, 15) is 19.5 Å². The molecule has 2 saturated heterocycles. The fourth-order valence-electron chi connectivity index (χ4n) is 7.13. The number of carboxylic acid groups (broad SMARTS) is 1. The molecule has 2 N–H and O–H groups in total. The van der Waals surface area contributed by atoms with E-state index in [1.165, 1.54) is 6.07 Å². The van der Waals surface area contributed by atoms with Crippen LogP contribution in [0.5, 0.6) is 0 Å². The zero-order chi connectivity index (χ0) is 32.4. The van der Waals surface area contributed by atoms with Gasteiger partial charge in [-0.25, -0.2) is 4.39 Å². The Balaban J connectivity index is 1.26. The molecular weight excluding hydrogens is 615 g/mol. The van der Waals surface area contributed by atoms with Crippen molar-refractivity contribution in [2.45, 2.75) is 56.9 Å². The highest BCUT2D eigenvalue weighted by molar-refractivity contribution is 6.34. The number of aromatic nitrogens is 1. The highest BCUT2D eigenvalue weighted by Gasteiger charge is 2.53. The molecule has 46 heavy (non-hydrogen) atoms. The van der Waals surface area contributed by atoms with Crippen molar-refractivity contribution >= 4 is 45.9 Å². The standard InChI is InChI=1S/C34H40ClFN4O6/c1-38-21-26(25-6-2-3-7-30(25)38)32(42)37-29-20-28(36)23(18-27(29)35)19-31(41)34(39-12-4-5-13-39,40-14-16-45-17-15-40)46-24-10-8-22(9-11-24)33(43)44/h2-3,6-7,18,20-22,24H,4-5,8-17,19H2,1H3,(H,37,42)(H,43,44)/t22-,24-,34?. The topological polar surface area (TPSA) is 113 Å². The van der Waals surface area contributed by atoms with Crippen molar-refractivity contribution in [2.75, 3.05) is 44.7 Å². The lowest BCUT2D eigenvalue weighted by Gasteiger charge is -2.50. The van der Waals surface area contributed by atoms with Crippen molar-refractivity contribution in [1.82, 2.24) is 14.4 Å². The highest BCUT2D eigenvalue weighted by Crippen LogP contribution is 2.37. The summed E-state index contributed by atoms with van der Waals surface area (Å²) in [7, 11) is 1.85. The number of benzene rings is 2. The summed E-state index contributed by atoms with van der Waals surface area (Å²) in [6, 6.07) is 10.1. The molecule has 6 rings (SSSR count). The van der Waals surface area contributed by atoms with Crippen LogP contribution in [0.1, 0.15) is 54.4 Å². The summed E-state index contributed by atoms with van der Waals surface area (Å²) < 4.78 is 30.1. The van der Waals surface area contributed by atoms with Crippen molar-refractivity contribution in [3.8, 4) is 0 Å². The Bertz CT molecular complexity index is 1610. The van der Waals surface area contributed by atoms with Gasteiger partial charge in [-0.15, -0.1) is 0 Å². The Morgan fingerprint density at radius 2 is 1.72 bits per heavy atom. The molecule has 1 aliphatic carbocycles. The van der Waals surface area contributed by atoms with Gasteiger partial charge in [0, 0.05) is 56.7 Å². The first-order valence-corrected chi connectivity index (χ1v) is 16.4. The van der Waals surface area contributed by atoms with Gasteiger partial charge in [0.2, 0.25) is 5.85 Å². The van der Waals surface area contributed by atoms with E-state index in [4.69, 9.17) is 21.1 Å². The smallest absolute Gasteiger partial charge is 0.306 e. The summed E-state index contributed by atoms with van der Waals surface area (Å²) >= 11 is 6.61. The fourth-order valence-corrected chi connectivity index (χ4v) is 7.37. The van der Waals surface area contributed by atoms with E-state index in [2.05, 4.69) is 10.2 Å². The van der Waals surface area contributed by atoms with Crippen molar-refractivity contribution in [3.63, 3.8) is 0 Å². The largest absolute Gasteiger partial charge is 0.481 e. The number of likely N-dealkylation sites (tertiary alicyclic amines) is 1. The summed E-state index contributed by atoms with van der Waals surface area (Å²) in [5.41, 5.74) is 1.54. The number of nitrogens with one attached hydrogen (secondary N) is 1. The lowest BCUT2D eigenvalue weighted by atomic mass is 9.87. The van der Waals surface area contributed by atoms with Gasteiger partial charge in [-0.3, -0.25) is 24.2 Å². The average Bonchev–Trinajstić information content (AvgIpc) is 3.72. The fraction of sp³-hybridized carbons (Fsp3) is 0.500. The number of carboxylic acids is 1. The van der Waals surface area contributed by atoms with Gasteiger partial charge in [-0.1, -0.05) is 29.8 Å². The quantitative estimate of drug-likeness (QED) is 0.311.